The number of hydrogen-bond donors (Lipinski definition) is 1. The topological polar surface area (TPSA) is 47.6 Å². The molecule has 0 spiro atoms. The van der Waals surface area contributed by atoms with Crippen LogP contribution in [0, 0.1) is 13.8 Å². The number of aryl methyl sites for hydroxylation is 2. The Kier molecular flexibility index (Phi) is 6.41. The molecule has 0 saturated heterocycles. The molecule has 4 rings (SSSR count). The molecule has 4 aromatic rings. The van der Waals surface area contributed by atoms with Crippen molar-refractivity contribution < 1.29 is 14.3 Å². The van der Waals surface area contributed by atoms with Crippen molar-refractivity contribution in [3.63, 3.8) is 0 Å². The number of carbonyl (C=O) groups excluding carboxylic acids is 1. The maximum absolute atomic E-state index is 12.9. The highest BCUT2D eigenvalue weighted by atomic mass is 16.5. The fourth-order valence-electron chi connectivity index (χ4n) is 3.61. The second kappa shape index (κ2) is 9.56. The van der Waals surface area contributed by atoms with Gasteiger partial charge in [0, 0.05) is 16.8 Å². The minimum Gasteiger partial charge on any atom is -0.493 e. The normalized spacial score (nSPS) is 10.7. The van der Waals surface area contributed by atoms with E-state index in [0.717, 1.165) is 39.3 Å². The van der Waals surface area contributed by atoms with Gasteiger partial charge in [0.25, 0.3) is 5.91 Å². The molecule has 4 nitrogen and oxygen atoms in total. The van der Waals surface area contributed by atoms with Crippen molar-refractivity contribution in [3.05, 3.63) is 101 Å². The van der Waals surface area contributed by atoms with Gasteiger partial charge in [-0.1, -0.05) is 42.5 Å². The first kappa shape index (κ1) is 21.4. The third kappa shape index (κ3) is 4.92. The lowest BCUT2D eigenvalue weighted by Crippen LogP contribution is -2.14. The van der Waals surface area contributed by atoms with Crippen molar-refractivity contribution in [2.24, 2.45) is 0 Å². The molecule has 0 unspecified atom stereocenters. The zero-order valence-corrected chi connectivity index (χ0v) is 18.6. The van der Waals surface area contributed by atoms with Crippen LogP contribution in [0.1, 0.15) is 34.0 Å². The molecule has 0 saturated carbocycles. The fraction of sp³-hybridized carbons (Fsp3) is 0.179. The second-order valence-electron chi connectivity index (χ2n) is 7.83. The Hall–Kier alpha value is -3.79. The van der Waals surface area contributed by atoms with E-state index in [2.05, 4.69) is 17.4 Å². The van der Waals surface area contributed by atoms with Gasteiger partial charge in [0.05, 0.1) is 6.61 Å². The number of rotatable bonds is 7. The quantitative estimate of drug-likeness (QED) is 0.359. The largest absolute Gasteiger partial charge is 0.493 e. The van der Waals surface area contributed by atoms with E-state index in [1.165, 1.54) is 5.39 Å². The number of anilines is 1. The molecule has 0 fully saturated rings. The Morgan fingerprint density at radius 1 is 0.844 bits per heavy atom. The molecule has 0 aliphatic heterocycles. The summed E-state index contributed by atoms with van der Waals surface area (Å²) in [6.07, 6.45) is 0. The van der Waals surface area contributed by atoms with Crippen LogP contribution in [0.5, 0.6) is 11.5 Å². The van der Waals surface area contributed by atoms with Crippen LogP contribution in [0.3, 0.4) is 0 Å². The summed E-state index contributed by atoms with van der Waals surface area (Å²) in [5.74, 6) is 1.33. The number of carbonyl (C=O) groups is 1. The Balaban J connectivity index is 1.55. The molecular weight excluding hydrogens is 398 g/mol. The zero-order valence-electron chi connectivity index (χ0n) is 18.6. The van der Waals surface area contributed by atoms with Crippen LogP contribution in [-0.4, -0.2) is 12.5 Å². The van der Waals surface area contributed by atoms with Crippen molar-refractivity contribution in [3.8, 4) is 11.5 Å². The molecule has 0 bridgehead atoms. The van der Waals surface area contributed by atoms with Gasteiger partial charge < -0.3 is 14.8 Å². The van der Waals surface area contributed by atoms with Crippen LogP contribution in [0.15, 0.2) is 78.9 Å². The average molecular weight is 426 g/mol. The van der Waals surface area contributed by atoms with Gasteiger partial charge in [-0.2, -0.15) is 0 Å². The lowest BCUT2D eigenvalue weighted by molar-refractivity contribution is 0.102. The molecule has 0 aromatic heterocycles. The maximum Gasteiger partial charge on any atom is 0.255 e. The Morgan fingerprint density at radius 2 is 1.66 bits per heavy atom. The molecule has 1 amide bonds. The van der Waals surface area contributed by atoms with Gasteiger partial charge in [0.2, 0.25) is 0 Å². The van der Waals surface area contributed by atoms with Crippen molar-refractivity contribution in [2.45, 2.75) is 27.4 Å². The van der Waals surface area contributed by atoms with E-state index < -0.39 is 0 Å². The zero-order chi connectivity index (χ0) is 22.5. The van der Waals surface area contributed by atoms with Crippen LogP contribution < -0.4 is 14.8 Å². The number of amides is 1. The number of benzene rings is 4. The predicted molar refractivity (Wildman–Crippen MR) is 130 cm³/mol. The van der Waals surface area contributed by atoms with Crippen LogP contribution >= 0.6 is 0 Å². The van der Waals surface area contributed by atoms with Crippen LogP contribution in [0.4, 0.5) is 5.69 Å². The first-order valence-corrected chi connectivity index (χ1v) is 10.8. The number of ether oxygens (including phenoxy) is 2. The van der Waals surface area contributed by atoms with E-state index in [1.807, 2.05) is 81.4 Å². The lowest BCUT2D eigenvalue weighted by atomic mass is 10.1. The van der Waals surface area contributed by atoms with Crippen molar-refractivity contribution in [1.82, 2.24) is 0 Å². The average Bonchev–Trinajstić information content (AvgIpc) is 2.80. The van der Waals surface area contributed by atoms with Gasteiger partial charge in [-0.05, 0) is 79.1 Å². The minimum atomic E-state index is -0.159. The van der Waals surface area contributed by atoms with Crippen molar-refractivity contribution >= 4 is 22.4 Å². The van der Waals surface area contributed by atoms with E-state index in [1.54, 1.807) is 6.07 Å². The van der Waals surface area contributed by atoms with Crippen LogP contribution in [-0.2, 0) is 6.61 Å². The first-order valence-electron chi connectivity index (χ1n) is 10.8. The molecule has 0 aliphatic carbocycles. The number of fused-ring (bicyclic) bond motifs is 1. The van der Waals surface area contributed by atoms with E-state index >= 15 is 0 Å². The smallest absolute Gasteiger partial charge is 0.255 e. The van der Waals surface area contributed by atoms with E-state index in [0.29, 0.717) is 18.8 Å². The third-order valence-electron chi connectivity index (χ3n) is 5.38. The molecule has 162 valence electrons. The standard InChI is InChI=1S/C28H27NO3/c1-4-31-27-14-12-23(28(30)29-26-15-19(2)9-10-20(26)3)16-24(27)18-32-25-13-11-21-7-5-6-8-22(21)17-25/h5-17H,4,18H2,1-3H3,(H,29,30). The highest BCUT2D eigenvalue weighted by Crippen LogP contribution is 2.26. The Labute approximate surface area is 188 Å². The Morgan fingerprint density at radius 3 is 2.47 bits per heavy atom. The minimum absolute atomic E-state index is 0.159. The first-order chi connectivity index (χ1) is 15.5. The molecule has 1 N–H and O–H groups in total. The Bertz CT molecular complexity index is 1260. The van der Waals surface area contributed by atoms with Crippen LogP contribution in [0.2, 0.25) is 0 Å². The summed E-state index contributed by atoms with van der Waals surface area (Å²) in [5.41, 5.74) is 4.33. The second-order valence-corrected chi connectivity index (χ2v) is 7.83. The number of nitrogens with one attached hydrogen (secondary N) is 1. The molecular formula is C28H27NO3. The molecule has 0 aliphatic rings. The fourth-order valence-corrected chi connectivity index (χ4v) is 3.61. The summed E-state index contributed by atoms with van der Waals surface area (Å²) in [5, 5.41) is 5.31. The highest BCUT2D eigenvalue weighted by Gasteiger charge is 2.13. The lowest BCUT2D eigenvalue weighted by Gasteiger charge is -2.14. The summed E-state index contributed by atoms with van der Waals surface area (Å²) < 4.78 is 11.8. The van der Waals surface area contributed by atoms with E-state index in [4.69, 9.17) is 9.47 Å². The van der Waals surface area contributed by atoms with Crippen molar-refractivity contribution in [2.75, 3.05) is 11.9 Å². The van der Waals surface area contributed by atoms with Gasteiger partial charge in [-0.15, -0.1) is 0 Å². The third-order valence-corrected chi connectivity index (χ3v) is 5.38. The van der Waals surface area contributed by atoms with Gasteiger partial charge in [-0.3, -0.25) is 4.79 Å². The molecule has 0 heterocycles. The maximum atomic E-state index is 12.9. The monoisotopic (exact) mass is 425 g/mol. The predicted octanol–water partition coefficient (Wildman–Crippen LogP) is 6.69. The van der Waals surface area contributed by atoms with Gasteiger partial charge in [0.15, 0.2) is 0 Å². The molecule has 4 aromatic carbocycles. The molecule has 4 heteroatoms. The summed E-state index contributed by atoms with van der Waals surface area (Å²) in [7, 11) is 0. The summed E-state index contributed by atoms with van der Waals surface area (Å²) >= 11 is 0. The summed E-state index contributed by atoms with van der Waals surface area (Å²) in [6.45, 7) is 6.77. The highest BCUT2D eigenvalue weighted by molar-refractivity contribution is 6.05. The van der Waals surface area contributed by atoms with Gasteiger partial charge in [-0.25, -0.2) is 0 Å². The van der Waals surface area contributed by atoms with Gasteiger partial charge in [0.1, 0.15) is 18.1 Å². The van der Waals surface area contributed by atoms with E-state index in [-0.39, 0.29) is 5.91 Å². The molecule has 32 heavy (non-hydrogen) atoms. The molecule has 0 atom stereocenters. The SMILES string of the molecule is CCOc1ccc(C(=O)Nc2cc(C)ccc2C)cc1COc1ccc2ccccc2c1. The number of hydrogen-bond acceptors (Lipinski definition) is 3. The summed E-state index contributed by atoms with van der Waals surface area (Å²) in [6, 6.07) is 25.7. The molecule has 0 radical (unpaired) electrons. The van der Waals surface area contributed by atoms with E-state index in [9.17, 15) is 4.79 Å². The van der Waals surface area contributed by atoms with Gasteiger partial charge >= 0.3 is 0 Å². The van der Waals surface area contributed by atoms with Crippen molar-refractivity contribution in [1.29, 1.82) is 0 Å². The summed E-state index contributed by atoms with van der Waals surface area (Å²) in [4.78, 5) is 12.9. The van der Waals surface area contributed by atoms with Crippen LogP contribution in [0.25, 0.3) is 10.8 Å².